The largest absolute Gasteiger partial charge is 0.456 e. The van der Waals surface area contributed by atoms with Crippen LogP contribution in [0.2, 0.25) is 0 Å². The Labute approximate surface area is 275 Å². The SMILES string of the molecule is c1ccc2c(-c3ccc(N(c4ccc5c(c4)oc4ccc6ccccc6c45)c4ccc5c(c4)sc4ccccc45)cc3)cccc2c1. The van der Waals surface area contributed by atoms with Crippen LogP contribution >= 0.6 is 11.3 Å². The van der Waals surface area contributed by atoms with Crippen LogP contribution < -0.4 is 4.90 Å². The van der Waals surface area contributed by atoms with Crippen molar-refractivity contribution in [2.45, 2.75) is 0 Å². The zero-order valence-corrected chi connectivity index (χ0v) is 26.2. The minimum Gasteiger partial charge on any atom is -0.456 e. The molecular formula is C44H27NOS. The first-order chi connectivity index (χ1) is 23.3. The summed E-state index contributed by atoms with van der Waals surface area (Å²) in [5.74, 6) is 0. The third-order valence-corrected chi connectivity index (χ3v) is 10.6. The second kappa shape index (κ2) is 10.3. The minimum absolute atomic E-state index is 0.883. The van der Waals surface area contributed by atoms with Crippen LogP contribution in [0.25, 0.3) is 74.8 Å². The van der Waals surface area contributed by atoms with Crippen LogP contribution in [0.1, 0.15) is 0 Å². The summed E-state index contributed by atoms with van der Waals surface area (Å²) in [7, 11) is 0. The molecule has 10 aromatic rings. The van der Waals surface area contributed by atoms with Crippen molar-refractivity contribution >= 4 is 92.1 Å². The Hall–Kier alpha value is -5.90. The summed E-state index contributed by atoms with van der Waals surface area (Å²) >= 11 is 1.85. The molecule has 2 aromatic heterocycles. The Morgan fingerprint density at radius 3 is 1.89 bits per heavy atom. The number of nitrogens with zero attached hydrogens (tertiary/aromatic N) is 1. The molecule has 0 atom stereocenters. The van der Waals surface area contributed by atoms with Gasteiger partial charge in [-0.15, -0.1) is 11.3 Å². The van der Waals surface area contributed by atoms with Crippen LogP contribution in [0.5, 0.6) is 0 Å². The lowest BCUT2D eigenvalue weighted by Gasteiger charge is -2.26. The highest BCUT2D eigenvalue weighted by Crippen LogP contribution is 2.43. The molecule has 0 bridgehead atoms. The first-order valence-corrected chi connectivity index (χ1v) is 16.7. The molecule has 47 heavy (non-hydrogen) atoms. The smallest absolute Gasteiger partial charge is 0.137 e. The molecule has 0 fully saturated rings. The average Bonchev–Trinajstić information content (AvgIpc) is 3.70. The van der Waals surface area contributed by atoms with Crippen molar-refractivity contribution in [3.8, 4) is 11.1 Å². The zero-order valence-electron chi connectivity index (χ0n) is 25.4. The Morgan fingerprint density at radius 1 is 0.404 bits per heavy atom. The van der Waals surface area contributed by atoms with Gasteiger partial charge in [0.1, 0.15) is 11.2 Å². The Bertz CT molecular complexity index is 2800. The highest BCUT2D eigenvalue weighted by atomic mass is 32.1. The molecule has 0 aliphatic heterocycles. The van der Waals surface area contributed by atoms with E-state index in [4.69, 9.17) is 4.42 Å². The fourth-order valence-corrected chi connectivity index (χ4v) is 8.38. The summed E-state index contributed by atoms with van der Waals surface area (Å²) < 4.78 is 9.11. The maximum Gasteiger partial charge on any atom is 0.137 e. The fraction of sp³-hybridized carbons (Fsp3) is 0. The van der Waals surface area contributed by atoms with E-state index < -0.39 is 0 Å². The number of furan rings is 1. The molecule has 0 aliphatic rings. The van der Waals surface area contributed by atoms with Crippen molar-refractivity contribution in [2.75, 3.05) is 4.90 Å². The Morgan fingerprint density at radius 2 is 1.04 bits per heavy atom. The standard InChI is InChI=1S/C44H27NOS/c1-3-11-34-28(8-1)10-7-14-35(34)30-16-19-31(20-17-30)45(33-21-23-38-37-13-5-6-15-42(37)47-43(38)27-33)32-22-24-39-41(26-32)46-40-25-18-29-9-2-4-12-36(29)44(39)40/h1-27H. The molecule has 0 saturated carbocycles. The fourth-order valence-electron chi connectivity index (χ4n) is 7.24. The zero-order chi connectivity index (χ0) is 30.9. The molecule has 0 spiro atoms. The van der Waals surface area contributed by atoms with Gasteiger partial charge in [0, 0.05) is 54.1 Å². The second-order valence-corrected chi connectivity index (χ2v) is 13.2. The number of anilines is 3. The van der Waals surface area contributed by atoms with E-state index in [-0.39, 0.29) is 0 Å². The molecule has 0 N–H and O–H groups in total. The van der Waals surface area contributed by atoms with Gasteiger partial charge < -0.3 is 9.32 Å². The van der Waals surface area contributed by atoms with E-state index in [0.717, 1.165) is 33.6 Å². The molecule has 10 rings (SSSR count). The summed E-state index contributed by atoms with van der Waals surface area (Å²) in [6.07, 6.45) is 0. The van der Waals surface area contributed by atoms with Gasteiger partial charge in [0.25, 0.3) is 0 Å². The van der Waals surface area contributed by atoms with E-state index in [1.54, 1.807) is 0 Å². The molecule has 0 saturated heterocycles. The molecule has 0 amide bonds. The normalized spacial score (nSPS) is 11.8. The van der Waals surface area contributed by atoms with Gasteiger partial charge in [-0.25, -0.2) is 0 Å². The molecule has 0 radical (unpaired) electrons. The molecule has 220 valence electrons. The number of hydrogen-bond donors (Lipinski definition) is 0. The third kappa shape index (κ3) is 4.17. The van der Waals surface area contributed by atoms with E-state index in [1.165, 1.54) is 58.2 Å². The van der Waals surface area contributed by atoms with Gasteiger partial charge >= 0.3 is 0 Å². The lowest BCUT2D eigenvalue weighted by molar-refractivity contribution is 0.669. The van der Waals surface area contributed by atoms with Crippen molar-refractivity contribution in [3.05, 3.63) is 164 Å². The first-order valence-electron chi connectivity index (χ1n) is 15.9. The topological polar surface area (TPSA) is 16.4 Å². The van der Waals surface area contributed by atoms with Crippen molar-refractivity contribution in [3.63, 3.8) is 0 Å². The van der Waals surface area contributed by atoms with Gasteiger partial charge in [0.15, 0.2) is 0 Å². The van der Waals surface area contributed by atoms with Crippen molar-refractivity contribution < 1.29 is 4.42 Å². The number of hydrogen-bond acceptors (Lipinski definition) is 3. The summed E-state index contributed by atoms with van der Waals surface area (Å²) in [5.41, 5.74) is 7.49. The van der Waals surface area contributed by atoms with Crippen LogP contribution in [0.3, 0.4) is 0 Å². The van der Waals surface area contributed by atoms with Crippen LogP contribution in [0.15, 0.2) is 168 Å². The molecule has 0 aliphatic carbocycles. The van der Waals surface area contributed by atoms with E-state index >= 15 is 0 Å². The summed E-state index contributed by atoms with van der Waals surface area (Å²) in [4.78, 5) is 2.35. The third-order valence-electron chi connectivity index (χ3n) is 9.45. The predicted octanol–water partition coefficient (Wildman–Crippen LogP) is 13.4. The lowest BCUT2D eigenvalue weighted by Crippen LogP contribution is -2.09. The minimum atomic E-state index is 0.883. The maximum absolute atomic E-state index is 6.53. The van der Waals surface area contributed by atoms with Gasteiger partial charge in [-0.3, -0.25) is 0 Å². The van der Waals surface area contributed by atoms with Crippen LogP contribution in [0.4, 0.5) is 17.1 Å². The van der Waals surface area contributed by atoms with Crippen molar-refractivity contribution in [2.24, 2.45) is 0 Å². The van der Waals surface area contributed by atoms with E-state index in [2.05, 4.69) is 169 Å². The molecule has 2 nitrogen and oxygen atoms in total. The number of fused-ring (bicyclic) bond motifs is 9. The highest BCUT2D eigenvalue weighted by molar-refractivity contribution is 7.25. The number of thiophene rings is 1. The maximum atomic E-state index is 6.53. The van der Waals surface area contributed by atoms with E-state index in [0.29, 0.717) is 0 Å². The van der Waals surface area contributed by atoms with Crippen LogP contribution in [0, 0.1) is 0 Å². The quantitative estimate of drug-likeness (QED) is 0.195. The first kappa shape index (κ1) is 26.3. The Balaban J connectivity index is 1.16. The van der Waals surface area contributed by atoms with E-state index in [9.17, 15) is 0 Å². The summed E-state index contributed by atoms with van der Waals surface area (Å²) in [6, 6.07) is 59.0. The highest BCUT2D eigenvalue weighted by Gasteiger charge is 2.18. The number of benzene rings is 8. The van der Waals surface area contributed by atoms with Gasteiger partial charge in [0.2, 0.25) is 0 Å². The second-order valence-electron chi connectivity index (χ2n) is 12.1. The van der Waals surface area contributed by atoms with Crippen LogP contribution in [-0.2, 0) is 0 Å². The summed E-state index contributed by atoms with van der Waals surface area (Å²) in [5, 5.41) is 9.84. The predicted molar refractivity (Wildman–Crippen MR) is 202 cm³/mol. The van der Waals surface area contributed by atoms with Crippen molar-refractivity contribution in [1.29, 1.82) is 0 Å². The van der Waals surface area contributed by atoms with Gasteiger partial charge in [-0.05, 0) is 81.2 Å². The van der Waals surface area contributed by atoms with Crippen molar-refractivity contribution in [1.82, 2.24) is 0 Å². The van der Waals surface area contributed by atoms with Gasteiger partial charge in [0.05, 0.1) is 0 Å². The number of rotatable bonds is 4. The lowest BCUT2D eigenvalue weighted by atomic mass is 9.98. The van der Waals surface area contributed by atoms with Gasteiger partial charge in [-0.2, -0.15) is 0 Å². The van der Waals surface area contributed by atoms with Gasteiger partial charge in [-0.1, -0.05) is 109 Å². The monoisotopic (exact) mass is 617 g/mol. The molecular weight excluding hydrogens is 591 g/mol. The molecule has 8 aromatic carbocycles. The molecule has 3 heteroatoms. The summed E-state index contributed by atoms with van der Waals surface area (Å²) in [6.45, 7) is 0. The average molecular weight is 618 g/mol. The van der Waals surface area contributed by atoms with Crippen LogP contribution in [-0.4, -0.2) is 0 Å². The molecule has 0 unspecified atom stereocenters. The van der Waals surface area contributed by atoms with E-state index in [1.807, 2.05) is 11.3 Å². The molecule has 2 heterocycles. The Kier molecular flexibility index (Phi) is 5.78.